The molecule has 0 fully saturated rings. The summed E-state index contributed by atoms with van der Waals surface area (Å²) in [6.07, 6.45) is 0. The number of aromatic hydroxyl groups is 1. The Balaban J connectivity index is 3.05. The molecule has 1 aromatic rings. The number of phenolic OH excluding ortho intramolecular Hbond substituents is 1. The topological polar surface area (TPSA) is 46.2 Å². The van der Waals surface area contributed by atoms with E-state index in [4.69, 9.17) is 10.8 Å². The van der Waals surface area contributed by atoms with Gasteiger partial charge in [-0.2, -0.15) is 0 Å². The third kappa shape index (κ3) is 1.94. The fourth-order valence-corrected chi connectivity index (χ4v) is 1.20. The maximum Gasteiger partial charge on any atom is 0.129 e. The molecular formula is C8H10BrNO. The summed E-state index contributed by atoms with van der Waals surface area (Å²) in [5, 5.41) is 9.14. The van der Waals surface area contributed by atoms with Crippen molar-refractivity contribution in [1.29, 1.82) is 0 Å². The van der Waals surface area contributed by atoms with Crippen LogP contribution in [0.15, 0.2) is 22.7 Å². The van der Waals surface area contributed by atoms with E-state index in [0.717, 1.165) is 5.56 Å². The van der Waals surface area contributed by atoms with Crippen LogP contribution in [0.25, 0.3) is 0 Å². The number of halogens is 1. The van der Waals surface area contributed by atoms with E-state index in [2.05, 4.69) is 15.9 Å². The second kappa shape index (κ2) is 3.24. The second-order valence-corrected chi connectivity index (χ2v) is 3.35. The van der Waals surface area contributed by atoms with Gasteiger partial charge >= 0.3 is 0 Å². The maximum atomic E-state index is 9.14. The van der Waals surface area contributed by atoms with Gasteiger partial charge in [-0.15, -0.1) is 0 Å². The number of rotatable bonds is 1. The van der Waals surface area contributed by atoms with Crippen molar-refractivity contribution in [2.75, 3.05) is 0 Å². The minimum atomic E-state index is 0.00639. The van der Waals surface area contributed by atoms with Crippen molar-refractivity contribution in [2.24, 2.45) is 5.73 Å². The van der Waals surface area contributed by atoms with E-state index in [9.17, 15) is 0 Å². The first-order valence-electron chi connectivity index (χ1n) is 3.35. The van der Waals surface area contributed by atoms with Crippen LogP contribution in [-0.2, 0) is 0 Å². The first kappa shape index (κ1) is 8.56. The molecule has 0 radical (unpaired) electrons. The van der Waals surface area contributed by atoms with Crippen molar-refractivity contribution < 1.29 is 5.11 Å². The lowest BCUT2D eigenvalue weighted by molar-refractivity contribution is 0.471. The van der Waals surface area contributed by atoms with Crippen molar-refractivity contribution >= 4 is 15.9 Å². The molecule has 0 bridgehead atoms. The molecular weight excluding hydrogens is 206 g/mol. The Morgan fingerprint density at radius 3 is 2.64 bits per heavy atom. The predicted molar refractivity (Wildman–Crippen MR) is 48.4 cm³/mol. The number of benzene rings is 1. The molecule has 60 valence electrons. The lowest BCUT2D eigenvalue weighted by Gasteiger charge is -2.05. The first-order valence-corrected chi connectivity index (χ1v) is 4.14. The number of phenols is 1. The van der Waals surface area contributed by atoms with E-state index in [-0.39, 0.29) is 11.8 Å². The molecule has 0 spiro atoms. The summed E-state index contributed by atoms with van der Waals surface area (Å²) >= 11 is 3.21. The lowest BCUT2D eigenvalue weighted by Crippen LogP contribution is -2.04. The second-order valence-electron chi connectivity index (χ2n) is 2.50. The minimum Gasteiger partial charge on any atom is -0.507 e. The molecule has 0 aliphatic rings. The van der Waals surface area contributed by atoms with Gasteiger partial charge in [-0.3, -0.25) is 0 Å². The van der Waals surface area contributed by atoms with Crippen LogP contribution in [-0.4, -0.2) is 5.11 Å². The molecule has 3 heteroatoms. The van der Waals surface area contributed by atoms with Crippen molar-refractivity contribution in [1.82, 2.24) is 0 Å². The molecule has 3 N–H and O–H groups in total. The van der Waals surface area contributed by atoms with Crippen LogP contribution in [0.1, 0.15) is 18.5 Å². The molecule has 0 aliphatic heterocycles. The van der Waals surface area contributed by atoms with Crippen LogP contribution in [0.4, 0.5) is 0 Å². The summed E-state index contributed by atoms with van der Waals surface area (Å²) in [4.78, 5) is 0. The van der Waals surface area contributed by atoms with E-state index in [1.54, 1.807) is 6.07 Å². The fourth-order valence-electron chi connectivity index (χ4n) is 0.806. The SMILES string of the molecule is C[C@H](N)c1ccc(O)c(Br)c1. The van der Waals surface area contributed by atoms with Gasteiger partial charge in [-0.1, -0.05) is 6.07 Å². The highest BCUT2D eigenvalue weighted by atomic mass is 79.9. The Hall–Kier alpha value is -0.540. The standard InChI is InChI=1S/C8H10BrNO/c1-5(10)6-2-3-8(11)7(9)4-6/h2-5,11H,10H2,1H3/t5-/m0/s1. The molecule has 0 aromatic heterocycles. The first-order chi connectivity index (χ1) is 5.11. The molecule has 1 rings (SSSR count). The average Bonchev–Trinajstić information content (AvgIpc) is 1.94. The van der Waals surface area contributed by atoms with Gasteiger partial charge in [0.2, 0.25) is 0 Å². The Morgan fingerprint density at radius 1 is 1.55 bits per heavy atom. The zero-order chi connectivity index (χ0) is 8.43. The molecule has 0 heterocycles. The van der Waals surface area contributed by atoms with Crippen molar-refractivity contribution in [2.45, 2.75) is 13.0 Å². The van der Waals surface area contributed by atoms with Gasteiger partial charge in [0.05, 0.1) is 4.47 Å². The molecule has 1 aromatic carbocycles. The van der Waals surface area contributed by atoms with Crippen LogP contribution in [0, 0.1) is 0 Å². The van der Waals surface area contributed by atoms with Crippen molar-refractivity contribution in [3.8, 4) is 5.75 Å². The van der Waals surface area contributed by atoms with E-state index in [1.165, 1.54) is 0 Å². The summed E-state index contributed by atoms with van der Waals surface area (Å²) in [6.45, 7) is 1.90. The Bertz CT molecular complexity index is 260. The van der Waals surface area contributed by atoms with Gasteiger partial charge in [0.25, 0.3) is 0 Å². The molecule has 1 atom stereocenters. The average molecular weight is 216 g/mol. The molecule has 11 heavy (non-hydrogen) atoms. The predicted octanol–water partition coefficient (Wildman–Crippen LogP) is 2.17. The third-order valence-corrected chi connectivity index (χ3v) is 2.13. The summed E-state index contributed by atoms with van der Waals surface area (Å²) < 4.78 is 0.687. The van der Waals surface area contributed by atoms with Gasteiger partial charge in [0.15, 0.2) is 0 Å². The highest BCUT2D eigenvalue weighted by Gasteiger charge is 2.02. The Morgan fingerprint density at radius 2 is 2.18 bits per heavy atom. The van der Waals surface area contributed by atoms with E-state index in [0.29, 0.717) is 4.47 Å². The van der Waals surface area contributed by atoms with Gasteiger partial charge in [-0.05, 0) is 40.5 Å². The van der Waals surface area contributed by atoms with E-state index < -0.39 is 0 Å². The Labute approximate surface area is 74.2 Å². The normalized spacial score (nSPS) is 13.0. The highest BCUT2D eigenvalue weighted by molar-refractivity contribution is 9.10. The highest BCUT2D eigenvalue weighted by Crippen LogP contribution is 2.25. The van der Waals surface area contributed by atoms with Crippen LogP contribution >= 0.6 is 15.9 Å². The van der Waals surface area contributed by atoms with E-state index >= 15 is 0 Å². The number of hydrogen-bond donors (Lipinski definition) is 2. The smallest absolute Gasteiger partial charge is 0.129 e. The molecule has 0 unspecified atom stereocenters. The Kier molecular flexibility index (Phi) is 2.52. The zero-order valence-electron chi connectivity index (χ0n) is 6.21. The van der Waals surface area contributed by atoms with Crippen molar-refractivity contribution in [3.05, 3.63) is 28.2 Å². The third-order valence-electron chi connectivity index (χ3n) is 1.50. The molecule has 0 saturated heterocycles. The molecule has 2 nitrogen and oxygen atoms in total. The quantitative estimate of drug-likeness (QED) is 0.755. The molecule has 0 aliphatic carbocycles. The summed E-state index contributed by atoms with van der Waals surface area (Å²) in [5.41, 5.74) is 6.64. The summed E-state index contributed by atoms with van der Waals surface area (Å²) in [5.74, 6) is 0.245. The number of nitrogens with two attached hydrogens (primary N) is 1. The largest absolute Gasteiger partial charge is 0.507 e. The lowest BCUT2D eigenvalue weighted by atomic mass is 10.1. The van der Waals surface area contributed by atoms with Crippen LogP contribution in [0.3, 0.4) is 0 Å². The molecule has 0 amide bonds. The van der Waals surface area contributed by atoms with E-state index in [1.807, 2.05) is 19.1 Å². The maximum absolute atomic E-state index is 9.14. The monoisotopic (exact) mass is 215 g/mol. The van der Waals surface area contributed by atoms with Gasteiger partial charge in [0, 0.05) is 6.04 Å². The van der Waals surface area contributed by atoms with Gasteiger partial charge in [-0.25, -0.2) is 0 Å². The summed E-state index contributed by atoms with van der Waals surface area (Å²) in [6, 6.07) is 5.26. The van der Waals surface area contributed by atoms with Crippen LogP contribution in [0.5, 0.6) is 5.75 Å². The van der Waals surface area contributed by atoms with Gasteiger partial charge < -0.3 is 10.8 Å². The summed E-state index contributed by atoms with van der Waals surface area (Å²) in [7, 11) is 0. The molecule has 0 saturated carbocycles. The van der Waals surface area contributed by atoms with Gasteiger partial charge in [0.1, 0.15) is 5.75 Å². The van der Waals surface area contributed by atoms with Crippen LogP contribution in [0.2, 0.25) is 0 Å². The van der Waals surface area contributed by atoms with Crippen molar-refractivity contribution in [3.63, 3.8) is 0 Å². The zero-order valence-corrected chi connectivity index (χ0v) is 7.80. The van der Waals surface area contributed by atoms with Crippen LogP contribution < -0.4 is 5.73 Å². The fraction of sp³-hybridized carbons (Fsp3) is 0.250. The minimum absolute atomic E-state index is 0.00639. The number of hydrogen-bond acceptors (Lipinski definition) is 2.